The van der Waals surface area contributed by atoms with Crippen molar-refractivity contribution in [1.29, 1.82) is 0 Å². The van der Waals surface area contributed by atoms with E-state index in [0.717, 1.165) is 25.7 Å². The first-order valence-corrected chi connectivity index (χ1v) is 24.6. The van der Waals surface area contributed by atoms with Gasteiger partial charge in [0.05, 0.1) is 37.4 Å². The zero-order valence-corrected chi connectivity index (χ0v) is 39.7. The number of fused-ring (bicyclic) bond motifs is 10. The molecule has 9 aliphatic rings. The second-order valence-corrected chi connectivity index (χ2v) is 23.3. The number of carbonyl (C=O) groups excluding carboxylic acids is 1. The zero-order chi connectivity index (χ0) is 49.4. The highest BCUT2D eigenvalue weighted by Gasteiger charge is 2.72. The van der Waals surface area contributed by atoms with Crippen LogP contribution in [-0.4, -0.2) is 192 Å². The molecule has 0 radical (unpaired) electrons. The van der Waals surface area contributed by atoms with Gasteiger partial charge in [0.15, 0.2) is 25.0 Å². The van der Waals surface area contributed by atoms with E-state index in [1.54, 1.807) is 0 Å². The van der Waals surface area contributed by atoms with Crippen LogP contribution in [0.15, 0.2) is 11.6 Å². The van der Waals surface area contributed by atoms with E-state index in [0.29, 0.717) is 32.1 Å². The van der Waals surface area contributed by atoms with Gasteiger partial charge in [-0.25, -0.2) is 4.79 Å². The fourth-order valence-corrected chi connectivity index (χ4v) is 15.6. The maximum Gasteiger partial charge on any atom is 0.335 e. The summed E-state index contributed by atoms with van der Waals surface area (Å²) in [6.45, 7) is 11.2. The SMILES string of the molecule is C[C@@H]1O[C@@H](O[C@H]2[C@H](O[C@H]3[C@H](O[C@H]4CC[C@@]5(C)C(CC[C@]6(C)[C@@H]5CC=C5[C@@H]7C[C@]8(CO)C[C@@H](OC8=O)[C@]7(C)CC[C@]56C)[C@@]4(C)CO)O[C@H](C(=O)O)[C@@H](O)[C@@H]3O)O[C@H](CO)[C@H](O)[C@@H]2O)[C@H](O)[C@H](O)[C@H]1O. The molecule has 1 unspecified atom stereocenters. The lowest BCUT2D eigenvalue weighted by molar-refractivity contribution is -0.396. The average molecular weight is 971 g/mol. The number of carboxylic acid groups (broad SMARTS) is 1. The number of aliphatic carboxylic acids is 1. The van der Waals surface area contributed by atoms with Crippen LogP contribution in [0, 0.1) is 50.2 Å². The first kappa shape index (κ1) is 51.0. The molecule has 68 heavy (non-hydrogen) atoms. The zero-order valence-electron chi connectivity index (χ0n) is 39.7. The summed E-state index contributed by atoms with van der Waals surface area (Å²) < 4.78 is 42.2. The second-order valence-electron chi connectivity index (χ2n) is 23.3. The summed E-state index contributed by atoms with van der Waals surface area (Å²) in [7, 11) is 0. The molecule has 4 saturated carbocycles. The first-order valence-electron chi connectivity index (χ1n) is 24.6. The third-order valence-corrected chi connectivity index (χ3v) is 20.1. The highest BCUT2D eigenvalue weighted by Crippen LogP contribution is 2.76. The molecular weight excluding hydrogens is 897 g/mol. The Morgan fingerprint density at radius 2 is 1.35 bits per heavy atom. The van der Waals surface area contributed by atoms with Gasteiger partial charge in [0, 0.05) is 17.3 Å². The summed E-state index contributed by atoms with van der Waals surface area (Å²) >= 11 is 0. The Balaban J connectivity index is 0.994. The molecule has 11 N–H and O–H groups in total. The van der Waals surface area contributed by atoms with E-state index in [4.69, 9.17) is 33.2 Å². The lowest BCUT2D eigenvalue weighted by atomic mass is 9.33. The minimum Gasteiger partial charge on any atom is -0.479 e. The van der Waals surface area contributed by atoms with E-state index in [2.05, 4.69) is 33.8 Å². The van der Waals surface area contributed by atoms with Gasteiger partial charge in [-0.2, -0.15) is 0 Å². The van der Waals surface area contributed by atoms with E-state index < -0.39 is 122 Å². The normalized spacial score (nSPS) is 56.6. The number of aliphatic hydroxyl groups is 10. The van der Waals surface area contributed by atoms with Gasteiger partial charge in [0.2, 0.25) is 0 Å². The van der Waals surface area contributed by atoms with Crippen molar-refractivity contribution in [3.05, 3.63) is 11.6 Å². The van der Waals surface area contributed by atoms with Gasteiger partial charge < -0.3 is 89.3 Å². The molecule has 4 saturated heterocycles. The molecule has 8 fully saturated rings. The number of esters is 1. The van der Waals surface area contributed by atoms with Crippen LogP contribution in [0.4, 0.5) is 0 Å². The van der Waals surface area contributed by atoms with E-state index in [-0.39, 0.29) is 64.7 Å². The van der Waals surface area contributed by atoms with Crippen LogP contribution in [0.25, 0.3) is 0 Å². The molecule has 5 aliphatic carbocycles. The molecule has 4 aliphatic heterocycles. The van der Waals surface area contributed by atoms with Gasteiger partial charge in [-0.3, -0.25) is 4.79 Å². The van der Waals surface area contributed by atoms with E-state index in [1.807, 2.05) is 6.92 Å². The quantitative estimate of drug-likeness (QED) is 0.0727. The van der Waals surface area contributed by atoms with Gasteiger partial charge in [0.1, 0.15) is 67.1 Å². The van der Waals surface area contributed by atoms with Crippen molar-refractivity contribution in [3.8, 4) is 0 Å². The van der Waals surface area contributed by atoms with E-state index in [9.17, 15) is 65.8 Å². The predicted octanol–water partition coefficient (Wildman–Crippen LogP) is -0.778. The smallest absolute Gasteiger partial charge is 0.335 e. The minimum atomic E-state index is -2.09. The Morgan fingerprint density at radius 3 is 2.00 bits per heavy atom. The molecule has 9 rings (SSSR count). The fourth-order valence-electron chi connectivity index (χ4n) is 15.6. The van der Waals surface area contributed by atoms with Crippen molar-refractivity contribution in [1.82, 2.24) is 0 Å². The fraction of sp³-hybridized carbons (Fsp3) is 0.917. The molecule has 2 bridgehead atoms. The molecule has 0 aromatic carbocycles. The summed E-state index contributed by atoms with van der Waals surface area (Å²) in [6, 6.07) is 0. The molecule has 0 aromatic heterocycles. The number of ether oxygens (including phenoxy) is 7. The summed E-state index contributed by atoms with van der Waals surface area (Å²) in [4.78, 5) is 25.7. The van der Waals surface area contributed by atoms with Gasteiger partial charge in [-0.1, -0.05) is 46.3 Å². The molecule has 386 valence electrons. The van der Waals surface area contributed by atoms with Crippen LogP contribution >= 0.6 is 0 Å². The van der Waals surface area contributed by atoms with Crippen LogP contribution in [0.2, 0.25) is 0 Å². The first-order chi connectivity index (χ1) is 31.9. The third-order valence-electron chi connectivity index (χ3n) is 20.1. The maximum absolute atomic E-state index is 13.3. The summed E-state index contributed by atoms with van der Waals surface area (Å²) in [5.41, 5.74) is -1.49. The maximum atomic E-state index is 13.3. The van der Waals surface area contributed by atoms with Crippen LogP contribution < -0.4 is 0 Å². The molecular formula is C48H74O20. The molecule has 4 heterocycles. The second kappa shape index (κ2) is 17.6. The summed E-state index contributed by atoms with van der Waals surface area (Å²) in [6.07, 6.45) is -19.0. The van der Waals surface area contributed by atoms with Gasteiger partial charge in [0.25, 0.3) is 0 Å². The largest absolute Gasteiger partial charge is 0.479 e. The monoisotopic (exact) mass is 970 g/mol. The number of carbonyl (C=O) groups is 2. The number of hydrogen-bond donors (Lipinski definition) is 11. The average Bonchev–Trinajstić information content (AvgIpc) is 3.60. The number of aliphatic hydroxyl groups excluding tert-OH is 10. The molecule has 0 spiro atoms. The van der Waals surface area contributed by atoms with Crippen molar-refractivity contribution < 1.29 is 98.9 Å². The van der Waals surface area contributed by atoms with Crippen LogP contribution in [0.5, 0.6) is 0 Å². The Hall–Kier alpha value is -1.96. The standard InChI is InChI=1S/C48H74O20/c1-20-28(52)30(54)34(58)39(62-20)67-36-31(55)29(53)23(17-49)63-40(36)68-37-33(57)32(56)35(38(59)60)66-41(37)64-26-10-11-44(3)24(45(26,4)18-50)9-12-47(6)25(44)8-7-21-22-15-48(19-51)16-27(65-42(48)61)43(22,2)13-14-46(21,47)5/h7,20,22-37,39-41,49-58H,8-19H2,1-6H3,(H,59,60)/t20-,22-,23+,24?,25+,26-,27+,28-,29-,30+,31-,32-,33-,34+,35-,36+,37+,39-,40-,41+,43+,44-,45+,46+,47+,48+/m0/s1. The Labute approximate surface area is 395 Å². The Bertz CT molecular complexity index is 1960. The van der Waals surface area contributed by atoms with Gasteiger partial charge in [-0.15, -0.1) is 0 Å². The van der Waals surface area contributed by atoms with Crippen LogP contribution in [0.1, 0.15) is 99.3 Å². The number of rotatable bonds is 10. The number of hydrogen-bond acceptors (Lipinski definition) is 19. The summed E-state index contributed by atoms with van der Waals surface area (Å²) in [5, 5.41) is 119. The van der Waals surface area contributed by atoms with Gasteiger partial charge >= 0.3 is 11.9 Å². The lowest BCUT2D eigenvalue weighted by Gasteiger charge is -2.71. The number of carboxylic acids is 1. The molecule has 20 heteroatoms. The number of allylic oxidation sites excluding steroid dienone is 2. The van der Waals surface area contributed by atoms with Crippen molar-refractivity contribution >= 4 is 11.9 Å². The highest BCUT2D eigenvalue weighted by atomic mass is 16.8. The van der Waals surface area contributed by atoms with E-state index >= 15 is 0 Å². The Morgan fingerprint density at radius 1 is 0.691 bits per heavy atom. The van der Waals surface area contributed by atoms with Crippen molar-refractivity contribution in [2.45, 2.75) is 204 Å². The van der Waals surface area contributed by atoms with Crippen molar-refractivity contribution in [2.24, 2.45) is 50.2 Å². The van der Waals surface area contributed by atoms with Crippen LogP contribution in [0.3, 0.4) is 0 Å². The topological polar surface area (TPSA) is 321 Å². The van der Waals surface area contributed by atoms with Crippen molar-refractivity contribution in [3.63, 3.8) is 0 Å². The molecule has 26 atom stereocenters. The predicted molar refractivity (Wildman–Crippen MR) is 230 cm³/mol. The third kappa shape index (κ3) is 7.27. The lowest BCUT2D eigenvalue weighted by Crippen LogP contribution is -2.68. The molecule has 0 aromatic rings. The van der Waals surface area contributed by atoms with E-state index in [1.165, 1.54) is 12.5 Å². The summed E-state index contributed by atoms with van der Waals surface area (Å²) in [5.74, 6) is -1.80. The minimum absolute atomic E-state index is 0.0735. The highest BCUT2D eigenvalue weighted by molar-refractivity contribution is 5.80. The molecule has 20 nitrogen and oxygen atoms in total. The van der Waals surface area contributed by atoms with Crippen LogP contribution in [-0.2, 0) is 42.7 Å². The molecule has 0 amide bonds. The van der Waals surface area contributed by atoms with Gasteiger partial charge in [-0.05, 0) is 92.3 Å². The van der Waals surface area contributed by atoms with Crippen molar-refractivity contribution in [2.75, 3.05) is 19.8 Å². The Kier molecular flexibility index (Phi) is 13.2.